The molecule has 1 N–H and O–H groups in total. The quantitative estimate of drug-likeness (QED) is 0.270. The number of likely N-dealkylation sites (tertiary alicyclic amines) is 1. The molecule has 6 nitrogen and oxygen atoms in total. The molecule has 2 aliphatic rings. The zero-order valence-electron chi connectivity index (χ0n) is 17.1. The van der Waals surface area contributed by atoms with Gasteiger partial charge in [-0.1, -0.05) is 18.2 Å². The molecule has 0 bridgehead atoms. The van der Waals surface area contributed by atoms with E-state index < -0.39 is 0 Å². The molecule has 7 heteroatoms. The predicted octanol–water partition coefficient (Wildman–Crippen LogP) is 2.99. The molecule has 0 aliphatic carbocycles. The van der Waals surface area contributed by atoms with Crippen molar-refractivity contribution in [2.24, 2.45) is 4.99 Å². The molecule has 0 spiro atoms. The van der Waals surface area contributed by atoms with Crippen LogP contribution in [0.3, 0.4) is 0 Å². The normalized spacial score (nSPS) is 20.8. The summed E-state index contributed by atoms with van der Waals surface area (Å²) >= 11 is 0. The lowest BCUT2D eigenvalue weighted by atomic mass is 10.2. The van der Waals surface area contributed by atoms with Crippen LogP contribution in [0.5, 0.6) is 11.5 Å². The number of halogens is 1. The Balaban J connectivity index is 0.00000280. The van der Waals surface area contributed by atoms with Crippen molar-refractivity contribution in [3.63, 3.8) is 0 Å². The van der Waals surface area contributed by atoms with E-state index in [9.17, 15) is 0 Å². The van der Waals surface area contributed by atoms with E-state index in [1.165, 1.54) is 6.42 Å². The van der Waals surface area contributed by atoms with Crippen LogP contribution >= 0.6 is 24.0 Å². The number of nitrogens with one attached hydrogen (secondary N) is 1. The van der Waals surface area contributed by atoms with Crippen LogP contribution in [0.15, 0.2) is 41.4 Å². The van der Waals surface area contributed by atoms with E-state index in [0.29, 0.717) is 12.6 Å². The molecule has 1 fully saturated rings. The van der Waals surface area contributed by atoms with Crippen molar-refractivity contribution < 1.29 is 9.47 Å². The minimum atomic E-state index is -0.00746. The minimum Gasteiger partial charge on any atom is -0.497 e. The van der Waals surface area contributed by atoms with Crippen LogP contribution in [0, 0.1) is 0 Å². The number of hydrogen-bond acceptors (Lipinski definition) is 4. The fourth-order valence-electron chi connectivity index (χ4n) is 3.61. The molecule has 1 saturated heterocycles. The summed E-state index contributed by atoms with van der Waals surface area (Å²) < 4.78 is 11.3. The summed E-state index contributed by atoms with van der Waals surface area (Å²) in [7, 11) is 1.66. The van der Waals surface area contributed by atoms with Gasteiger partial charge in [-0.25, -0.2) is 4.99 Å². The highest BCUT2D eigenvalue weighted by Gasteiger charge is 2.29. The summed E-state index contributed by atoms with van der Waals surface area (Å²) in [6.07, 6.45) is 5.72. The van der Waals surface area contributed by atoms with Gasteiger partial charge in [0.25, 0.3) is 0 Å². The number of rotatable bonds is 7. The summed E-state index contributed by atoms with van der Waals surface area (Å²) in [5, 5.41) is 3.44. The molecule has 28 heavy (non-hydrogen) atoms. The Morgan fingerprint density at radius 2 is 2.04 bits per heavy atom. The largest absolute Gasteiger partial charge is 0.497 e. The third kappa shape index (κ3) is 6.27. The SMILES string of the molecule is CCNC(=NCC(C)Oc1cccc(OC)c1)N1CCC(N2CC=CC2)C1.I. The van der Waals surface area contributed by atoms with Gasteiger partial charge in [-0.2, -0.15) is 0 Å². The van der Waals surface area contributed by atoms with Gasteiger partial charge in [-0.15, -0.1) is 24.0 Å². The van der Waals surface area contributed by atoms with E-state index in [4.69, 9.17) is 14.5 Å². The Morgan fingerprint density at radius 1 is 1.29 bits per heavy atom. The molecule has 1 aromatic carbocycles. The maximum absolute atomic E-state index is 6.00. The maximum atomic E-state index is 6.00. The van der Waals surface area contributed by atoms with Crippen LogP contribution in [0.25, 0.3) is 0 Å². The van der Waals surface area contributed by atoms with E-state index >= 15 is 0 Å². The average Bonchev–Trinajstić information content (AvgIpc) is 3.36. The lowest BCUT2D eigenvalue weighted by molar-refractivity contribution is 0.228. The van der Waals surface area contributed by atoms with Gasteiger partial charge in [0.05, 0.1) is 13.7 Å². The fourth-order valence-corrected chi connectivity index (χ4v) is 3.61. The first-order chi connectivity index (χ1) is 13.2. The monoisotopic (exact) mass is 500 g/mol. The molecule has 2 atom stereocenters. The van der Waals surface area contributed by atoms with Crippen molar-refractivity contribution in [1.82, 2.24) is 15.1 Å². The van der Waals surface area contributed by atoms with E-state index in [2.05, 4.69) is 41.1 Å². The smallest absolute Gasteiger partial charge is 0.194 e. The second-order valence-electron chi connectivity index (χ2n) is 7.12. The van der Waals surface area contributed by atoms with Crippen molar-refractivity contribution in [2.45, 2.75) is 32.4 Å². The van der Waals surface area contributed by atoms with Crippen LogP contribution in [0.4, 0.5) is 0 Å². The first-order valence-electron chi connectivity index (χ1n) is 9.92. The summed E-state index contributed by atoms with van der Waals surface area (Å²) in [5.74, 6) is 2.61. The van der Waals surface area contributed by atoms with Crippen molar-refractivity contribution in [2.75, 3.05) is 46.4 Å². The van der Waals surface area contributed by atoms with Gasteiger partial charge >= 0.3 is 0 Å². The van der Waals surface area contributed by atoms with Crippen LogP contribution in [0.1, 0.15) is 20.3 Å². The maximum Gasteiger partial charge on any atom is 0.194 e. The molecule has 0 radical (unpaired) electrons. The third-order valence-electron chi connectivity index (χ3n) is 5.04. The van der Waals surface area contributed by atoms with Crippen molar-refractivity contribution in [3.8, 4) is 11.5 Å². The Kier molecular flexibility index (Phi) is 9.37. The molecule has 1 aromatic rings. The number of ether oxygens (including phenoxy) is 2. The van der Waals surface area contributed by atoms with E-state index in [0.717, 1.165) is 50.2 Å². The fraction of sp³-hybridized carbons (Fsp3) is 0.571. The lowest BCUT2D eigenvalue weighted by Crippen LogP contribution is -2.43. The zero-order chi connectivity index (χ0) is 19.1. The van der Waals surface area contributed by atoms with Crippen molar-refractivity contribution >= 4 is 29.9 Å². The number of aliphatic imine (C=N–C) groups is 1. The van der Waals surface area contributed by atoms with Crippen molar-refractivity contribution in [1.29, 1.82) is 0 Å². The van der Waals surface area contributed by atoms with Crippen molar-refractivity contribution in [3.05, 3.63) is 36.4 Å². The molecule has 3 rings (SSSR count). The second-order valence-corrected chi connectivity index (χ2v) is 7.12. The molecule has 0 aromatic heterocycles. The first kappa shape index (κ1) is 22.8. The van der Waals surface area contributed by atoms with Gasteiger partial charge in [-0.3, -0.25) is 4.90 Å². The molecule has 156 valence electrons. The molecule has 0 saturated carbocycles. The molecule has 2 unspecified atom stereocenters. The summed E-state index contributed by atoms with van der Waals surface area (Å²) in [4.78, 5) is 9.76. The van der Waals surface area contributed by atoms with Gasteiger partial charge in [0.15, 0.2) is 5.96 Å². The summed E-state index contributed by atoms with van der Waals surface area (Å²) in [6.45, 7) is 9.91. The number of nitrogens with zero attached hydrogens (tertiary/aromatic N) is 3. The molecule has 0 amide bonds. The van der Waals surface area contributed by atoms with Gasteiger partial charge in [-0.05, 0) is 32.4 Å². The minimum absolute atomic E-state index is 0. The predicted molar refractivity (Wildman–Crippen MR) is 125 cm³/mol. The topological polar surface area (TPSA) is 49.3 Å². The lowest BCUT2D eigenvalue weighted by Gasteiger charge is -2.25. The van der Waals surface area contributed by atoms with Crippen LogP contribution in [0.2, 0.25) is 0 Å². The van der Waals surface area contributed by atoms with Crippen LogP contribution in [-0.2, 0) is 0 Å². The molecule has 2 heterocycles. The summed E-state index contributed by atoms with van der Waals surface area (Å²) in [6, 6.07) is 8.32. The second kappa shape index (κ2) is 11.5. The van der Waals surface area contributed by atoms with E-state index in [-0.39, 0.29) is 30.1 Å². The Bertz CT molecular complexity index is 660. The van der Waals surface area contributed by atoms with Gasteiger partial charge in [0.1, 0.15) is 17.6 Å². The zero-order valence-corrected chi connectivity index (χ0v) is 19.5. The average molecular weight is 500 g/mol. The first-order valence-corrected chi connectivity index (χ1v) is 9.92. The standard InChI is InChI=1S/C21H32N4O2.HI/c1-4-22-21(25-13-10-18(16-25)24-11-5-6-12-24)23-15-17(2)27-20-9-7-8-19(14-20)26-3;/h5-9,14,17-18H,4,10-13,15-16H2,1-3H3,(H,22,23);1H. The molecular weight excluding hydrogens is 467 g/mol. The third-order valence-corrected chi connectivity index (χ3v) is 5.04. The van der Waals surface area contributed by atoms with Gasteiger partial charge < -0.3 is 19.7 Å². The number of guanidine groups is 1. The molecule has 2 aliphatic heterocycles. The number of hydrogen-bond donors (Lipinski definition) is 1. The molecular formula is C21H33IN4O2. The van der Waals surface area contributed by atoms with E-state index in [1.807, 2.05) is 24.3 Å². The Labute approximate surface area is 186 Å². The Hall–Kier alpha value is -1.48. The highest BCUT2D eigenvalue weighted by atomic mass is 127. The highest BCUT2D eigenvalue weighted by Crippen LogP contribution is 2.20. The Morgan fingerprint density at radius 3 is 2.75 bits per heavy atom. The van der Waals surface area contributed by atoms with Gasteiger partial charge in [0.2, 0.25) is 0 Å². The van der Waals surface area contributed by atoms with Gasteiger partial charge in [0, 0.05) is 44.8 Å². The number of methoxy groups -OCH3 is 1. The highest BCUT2D eigenvalue weighted by molar-refractivity contribution is 14.0. The summed E-state index contributed by atoms with van der Waals surface area (Å²) in [5.41, 5.74) is 0. The van der Waals surface area contributed by atoms with Crippen LogP contribution in [-0.4, -0.2) is 74.3 Å². The van der Waals surface area contributed by atoms with Crippen LogP contribution < -0.4 is 14.8 Å². The van der Waals surface area contributed by atoms with E-state index in [1.54, 1.807) is 7.11 Å². The number of benzene rings is 1.